The first kappa shape index (κ1) is 24.1. The molecule has 7 nitrogen and oxygen atoms in total. The maximum atomic E-state index is 13.6. The number of nitrogens with one attached hydrogen (secondary N) is 4. The first-order valence-corrected chi connectivity index (χ1v) is 12.3. The number of hydrogen-bond acceptors (Lipinski definition) is 3. The molecular formula is C25H39N5O2. The maximum Gasteiger partial charge on any atom is 0.315 e. The molecule has 3 rings (SSSR count). The molecule has 1 aromatic carbocycles. The molecule has 1 saturated carbocycles. The van der Waals surface area contributed by atoms with E-state index in [9.17, 15) is 9.59 Å². The molecule has 1 aliphatic carbocycles. The van der Waals surface area contributed by atoms with E-state index in [0.717, 1.165) is 36.8 Å². The minimum atomic E-state index is -0.619. The summed E-state index contributed by atoms with van der Waals surface area (Å²) in [5.74, 6) is 0.855. The number of rotatable bonds is 10. The van der Waals surface area contributed by atoms with Gasteiger partial charge in [-0.1, -0.05) is 76.1 Å². The van der Waals surface area contributed by atoms with E-state index in [1.165, 1.54) is 32.1 Å². The van der Waals surface area contributed by atoms with Crippen molar-refractivity contribution >= 4 is 17.9 Å². The lowest BCUT2D eigenvalue weighted by molar-refractivity contribution is -0.132. The monoisotopic (exact) mass is 441 g/mol. The van der Waals surface area contributed by atoms with Gasteiger partial charge >= 0.3 is 6.03 Å². The number of carbonyl (C=O) groups excluding carboxylic acids is 2. The van der Waals surface area contributed by atoms with Crippen molar-refractivity contribution in [1.29, 1.82) is 5.41 Å². The van der Waals surface area contributed by atoms with Crippen molar-refractivity contribution in [3.8, 4) is 0 Å². The van der Waals surface area contributed by atoms with Gasteiger partial charge in [0, 0.05) is 13.1 Å². The van der Waals surface area contributed by atoms with Crippen molar-refractivity contribution in [2.45, 2.75) is 90.3 Å². The summed E-state index contributed by atoms with van der Waals surface area (Å²) >= 11 is 0. The number of amides is 3. The van der Waals surface area contributed by atoms with Gasteiger partial charge in [-0.3, -0.25) is 15.1 Å². The molecule has 1 heterocycles. The number of hydrogen-bond donors (Lipinski definition) is 4. The zero-order valence-electron chi connectivity index (χ0n) is 19.6. The first-order chi connectivity index (χ1) is 15.5. The number of unbranched alkanes of at least 4 members (excludes halogenated alkanes) is 1. The van der Waals surface area contributed by atoms with Crippen LogP contribution in [0.4, 0.5) is 4.79 Å². The number of nitrogens with zero attached hydrogens (tertiary/aromatic N) is 1. The van der Waals surface area contributed by atoms with Gasteiger partial charge in [-0.2, -0.15) is 0 Å². The lowest BCUT2D eigenvalue weighted by atomic mass is 9.77. The average molecular weight is 442 g/mol. The fourth-order valence-electron chi connectivity index (χ4n) is 4.98. The van der Waals surface area contributed by atoms with Crippen LogP contribution in [-0.2, 0) is 17.9 Å². The van der Waals surface area contributed by atoms with E-state index in [1.54, 1.807) is 4.90 Å². The van der Waals surface area contributed by atoms with E-state index in [2.05, 4.69) is 22.9 Å². The summed E-state index contributed by atoms with van der Waals surface area (Å²) < 4.78 is 0. The molecule has 176 valence electrons. The minimum absolute atomic E-state index is 0.0588. The van der Waals surface area contributed by atoms with Crippen molar-refractivity contribution in [3.63, 3.8) is 0 Å². The highest BCUT2D eigenvalue weighted by molar-refractivity contribution is 6.07. The van der Waals surface area contributed by atoms with Crippen molar-refractivity contribution < 1.29 is 9.59 Å². The molecule has 0 bridgehead atoms. The fourth-order valence-corrected chi connectivity index (χ4v) is 4.98. The fraction of sp³-hybridized carbons (Fsp3) is 0.640. The topological polar surface area (TPSA) is 97.3 Å². The Morgan fingerprint density at radius 3 is 2.47 bits per heavy atom. The highest BCUT2D eigenvalue weighted by atomic mass is 16.2. The third kappa shape index (κ3) is 6.02. The van der Waals surface area contributed by atoms with Crippen molar-refractivity contribution in [3.05, 3.63) is 35.4 Å². The van der Waals surface area contributed by atoms with Gasteiger partial charge in [0.1, 0.15) is 5.54 Å². The van der Waals surface area contributed by atoms with Crippen LogP contribution in [0.15, 0.2) is 24.3 Å². The van der Waals surface area contributed by atoms with E-state index < -0.39 is 5.54 Å². The zero-order valence-corrected chi connectivity index (χ0v) is 19.6. The Labute approximate surface area is 192 Å². The predicted molar refractivity (Wildman–Crippen MR) is 127 cm³/mol. The molecule has 2 aliphatic rings. The highest BCUT2D eigenvalue weighted by Gasteiger charge is 2.49. The molecule has 1 aliphatic heterocycles. The van der Waals surface area contributed by atoms with Gasteiger partial charge in [-0.25, -0.2) is 4.79 Å². The van der Waals surface area contributed by atoms with E-state index in [0.29, 0.717) is 25.6 Å². The molecule has 0 aromatic heterocycles. The average Bonchev–Trinajstić information content (AvgIpc) is 3.02. The largest absolute Gasteiger partial charge is 0.342 e. The Balaban J connectivity index is 1.65. The molecule has 1 saturated heterocycles. The van der Waals surface area contributed by atoms with Crippen molar-refractivity contribution in [2.75, 3.05) is 6.54 Å². The van der Waals surface area contributed by atoms with Gasteiger partial charge in [0.05, 0.1) is 6.54 Å². The maximum absolute atomic E-state index is 13.6. The molecule has 1 aromatic rings. The van der Waals surface area contributed by atoms with Crippen LogP contribution in [0.25, 0.3) is 0 Å². The van der Waals surface area contributed by atoms with E-state index in [-0.39, 0.29) is 17.9 Å². The van der Waals surface area contributed by atoms with E-state index in [1.807, 2.05) is 31.2 Å². The summed E-state index contributed by atoms with van der Waals surface area (Å²) in [7, 11) is 0. The molecule has 0 radical (unpaired) electrons. The standard InChI is InChI=1S/C25H39N5O2/c1-3-5-15-25(16-19-9-7-6-8-10-19)22(31)30(23(26)29-25)18-21-13-11-20(12-14-21)17-28-24(32)27-4-2/h11-14,19H,3-10,15-18H2,1-2H3,(H2,26,29)(H2,27,28,32). The Kier molecular flexibility index (Phi) is 8.53. The molecular weight excluding hydrogens is 402 g/mol. The second kappa shape index (κ2) is 11.3. The second-order valence-electron chi connectivity index (χ2n) is 9.29. The van der Waals surface area contributed by atoms with Gasteiger partial charge in [0.2, 0.25) is 0 Å². The van der Waals surface area contributed by atoms with E-state index in [4.69, 9.17) is 5.41 Å². The SMILES string of the molecule is CCCCC1(CC2CCCCC2)NC(=N)N(Cc2ccc(CNC(=O)NCC)cc2)C1=O. The van der Waals surface area contributed by atoms with Crippen molar-refractivity contribution in [2.24, 2.45) is 5.92 Å². The van der Waals surface area contributed by atoms with Crippen molar-refractivity contribution in [1.82, 2.24) is 20.9 Å². The first-order valence-electron chi connectivity index (χ1n) is 12.3. The van der Waals surface area contributed by atoms with Gasteiger partial charge in [0.25, 0.3) is 5.91 Å². The Bertz CT molecular complexity index is 788. The molecule has 4 N–H and O–H groups in total. The van der Waals surface area contributed by atoms with Crippen LogP contribution in [0.5, 0.6) is 0 Å². The second-order valence-corrected chi connectivity index (χ2v) is 9.29. The third-order valence-corrected chi connectivity index (χ3v) is 6.76. The summed E-state index contributed by atoms with van der Waals surface area (Å²) in [5.41, 5.74) is 1.36. The van der Waals surface area contributed by atoms with Crippen LogP contribution in [0.3, 0.4) is 0 Å². The summed E-state index contributed by atoms with van der Waals surface area (Å²) in [6, 6.07) is 7.70. The lowest BCUT2D eigenvalue weighted by Crippen LogP contribution is -2.48. The molecule has 32 heavy (non-hydrogen) atoms. The molecule has 3 amide bonds. The van der Waals surface area contributed by atoms with Crippen LogP contribution >= 0.6 is 0 Å². The third-order valence-electron chi connectivity index (χ3n) is 6.76. The van der Waals surface area contributed by atoms with Gasteiger partial charge < -0.3 is 16.0 Å². The predicted octanol–water partition coefficient (Wildman–Crippen LogP) is 4.27. The van der Waals surface area contributed by atoms with Gasteiger partial charge in [-0.05, 0) is 36.8 Å². The molecule has 1 unspecified atom stereocenters. The minimum Gasteiger partial charge on any atom is -0.342 e. The molecule has 1 atom stereocenters. The smallest absolute Gasteiger partial charge is 0.315 e. The summed E-state index contributed by atoms with van der Waals surface area (Å²) in [6.45, 7) is 5.47. The van der Waals surface area contributed by atoms with Crippen LogP contribution in [0.1, 0.15) is 82.8 Å². The van der Waals surface area contributed by atoms with Crippen LogP contribution in [0.2, 0.25) is 0 Å². The van der Waals surface area contributed by atoms with Gasteiger partial charge in [-0.15, -0.1) is 0 Å². The number of carbonyl (C=O) groups is 2. The molecule has 0 spiro atoms. The van der Waals surface area contributed by atoms with Gasteiger partial charge in [0.15, 0.2) is 5.96 Å². The number of benzene rings is 1. The van der Waals surface area contributed by atoms with Crippen LogP contribution in [-0.4, -0.2) is 34.9 Å². The quantitative estimate of drug-likeness (QED) is 0.436. The number of urea groups is 1. The van der Waals surface area contributed by atoms with Crippen LogP contribution < -0.4 is 16.0 Å². The summed E-state index contributed by atoms with van der Waals surface area (Å²) in [6.07, 6.45) is 9.87. The molecule has 7 heteroatoms. The Hall–Kier alpha value is -2.57. The molecule has 2 fully saturated rings. The Morgan fingerprint density at radius 2 is 1.81 bits per heavy atom. The van der Waals surface area contributed by atoms with E-state index >= 15 is 0 Å². The summed E-state index contributed by atoms with van der Waals surface area (Å²) in [4.78, 5) is 26.8. The normalized spacial score (nSPS) is 21.5. The number of guanidine groups is 1. The Morgan fingerprint density at radius 1 is 1.12 bits per heavy atom. The highest BCUT2D eigenvalue weighted by Crippen LogP contribution is 2.36. The zero-order chi connectivity index (χ0) is 23.0. The summed E-state index contributed by atoms with van der Waals surface area (Å²) in [5, 5.41) is 17.4. The lowest BCUT2D eigenvalue weighted by Gasteiger charge is -2.33. The van der Waals surface area contributed by atoms with Crippen LogP contribution in [0, 0.1) is 11.3 Å².